The highest BCUT2D eigenvalue weighted by molar-refractivity contribution is 9.10. The standard InChI is InChI=1S/C18H22BrNO/c1-5-20-17(14-7-6-8-15(19)11-14)16-10-9-12(2)13(3)18(16)21-4/h6-11,17,20H,5H2,1-4H3. The third kappa shape index (κ3) is 3.47. The molecule has 0 aliphatic heterocycles. The van der Waals surface area contributed by atoms with Crippen molar-refractivity contribution in [1.29, 1.82) is 0 Å². The molecule has 0 saturated heterocycles. The summed E-state index contributed by atoms with van der Waals surface area (Å²) >= 11 is 3.56. The predicted molar refractivity (Wildman–Crippen MR) is 92.1 cm³/mol. The van der Waals surface area contributed by atoms with Gasteiger partial charge in [-0.05, 0) is 49.2 Å². The number of methoxy groups -OCH3 is 1. The van der Waals surface area contributed by atoms with Gasteiger partial charge >= 0.3 is 0 Å². The van der Waals surface area contributed by atoms with E-state index in [-0.39, 0.29) is 6.04 Å². The SMILES string of the molecule is CCNC(c1cccc(Br)c1)c1ccc(C)c(C)c1OC. The largest absolute Gasteiger partial charge is 0.496 e. The van der Waals surface area contributed by atoms with Crippen LogP contribution in [-0.4, -0.2) is 13.7 Å². The van der Waals surface area contributed by atoms with Crippen LogP contribution in [0.4, 0.5) is 0 Å². The average molecular weight is 348 g/mol. The number of benzene rings is 2. The lowest BCUT2D eigenvalue weighted by molar-refractivity contribution is 0.401. The van der Waals surface area contributed by atoms with E-state index < -0.39 is 0 Å². The van der Waals surface area contributed by atoms with Crippen LogP contribution < -0.4 is 10.1 Å². The molecule has 1 unspecified atom stereocenters. The van der Waals surface area contributed by atoms with E-state index in [4.69, 9.17) is 4.74 Å². The van der Waals surface area contributed by atoms with Crippen molar-refractivity contribution in [1.82, 2.24) is 5.32 Å². The van der Waals surface area contributed by atoms with Crippen molar-refractivity contribution in [2.24, 2.45) is 0 Å². The van der Waals surface area contributed by atoms with Crippen molar-refractivity contribution >= 4 is 15.9 Å². The Kier molecular flexibility index (Phi) is 5.43. The van der Waals surface area contributed by atoms with E-state index in [1.807, 2.05) is 6.07 Å². The fraction of sp³-hybridized carbons (Fsp3) is 0.333. The van der Waals surface area contributed by atoms with Gasteiger partial charge in [-0.25, -0.2) is 0 Å². The minimum absolute atomic E-state index is 0.127. The minimum Gasteiger partial charge on any atom is -0.496 e. The molecule has 3 heteroatoms. The molecule has 1 N–H and O–H groups in total. The predicted octanol–water partition coefficient (Wildman–Crippen LogP) is 4.77. The Morgan fingerprint density at radius 2 is 1.95 bits per heavy atom. The summed E-state index contributed by atoms with van der Waals surface area (Å²) in [5.74, 6) is 0.973. The molecular formula is C18H22BrNO. The topological polar surface area (TPSA) is 21.3 Å². The molecule has 0 aromatic heterocycles. The number of aryl methyl sites for hydroxylation is 1. The molecule has 0 amide bonds. The van der Waals surface area contributed by atoms with Gasteiger partial charge in [0.05, 0.1) is 13.2 Å². The first-order valence-electron chi connectivity index (χ1n) is 7.21. The first-order valence-corrected chi connectivity index (χ1v) is 8.00. The second-order valence-corrected chi connectivity index (χ2v) is 6.09. The molecule has 2 aromatic rings. The molecule has 0 radical (unpaired) electrons. The Bertz CT molecular complexity index is 625. The number of nitrogens with one attached hydrogen (secondary N) is 1. The summed E-state index contributed by atoms with van der Waals surface area (Å²) in [6, 6.07) is 12.9. The number of halogens is 1. The maximum Gasteiger partial charge on any atom is 0.127 e. The fourth-order valence-electron chi connectivity index (χ4n) is 2.61. The third-order valence-electron chi connectivity index (χ3n) is 3.81. The Morgan fingerprint density at radius 3 is 2.57 bits per heavy atom. The average Bonchev–Trinajstić information content (AvgIpc) is 2.48. The van der Waals surface area contributed by atoms with Crippen LogP contribution in [0.3, 0.4) is 0 Å². The van der Waals surface area contributed by atoms with Crippen LogP contribution in [0.15, 0.2) is 40.9 Å². The van der Waals surface area contributed by atoms with Crippen LogP contribution in [0.5, 0.6) is 5.75 Å². The van der Waals surface area contributed by atoms with Gasteiger partial charge in [0, 0.05) is 10.0 Å². The Balaban J connectivity index is 2.55. The maximum absolute atomic E-state index is 5.68. The number of ether oxygens (including phenoxy) is 1. The van der Waals surface area contributed by atoms with Gasteiger partial charge in [-0.1, -0.05) is 47.1 Å². The molecule has 0 aliphatic carbocycles. The van der Waals surface area contributed by atoms with Crippen LogP contribution in [-0.2, 0) is 0 Å². The van der Waals surface area contributed by atoms with Crippen molar-refractivity contribution < 1.29 is 4.74 Å². The van der Waals surface area contributed by atoms with Crippen molar-refractivity contribution in [3.05, 3.63) is 63.1 Å². The molecule has 0 bridgehead atoms. The van der Waals surface area contributed by atoms with Gasteiger partial charge in [0.15, 0.2) is 0 Å². The molecule has 0 fully saturated rings. The van der Waals surface area contributed by atoms with E-state index in [2.05, 4.69) is 72.3 Å². The van der Waals surface area contributed by atoms with Gasteiger partial charge in [0.2, 0.25) is 0 Å². The molecule has 0 aliphatic rings. The van der Waals surface area contributed by atoms with Gasteiger partial charge in [-0.3, -0.25) is 0 Å². The Hall–Kier alpha value is -1.32. The van der Waals surface area contributed by atoms with Crippen LogP contribution in [0.1, 0.15) is 35.2 Å². The normalized spacial score (nSPS) is 12.2. The summed E-state index contributed by atoms with van der Waals surface area (Å²) in [6.07, 6.45) is 0. The lowest BCUT2D eigenvalue weighted by Crippen LogP contribution is -2.23. The third-order valence-corrected chi connectivity index (χ3v) is 4.31. The zero-order valence-corrected chi connectivity index (χ0v) is 14.6. The van der Waals surface area contributed by atoms with Crippen LogP contribution in [0, 0.1) is 13.8 Å². The van der Waals surface area contributed by atoms with Gasteiger partial charge in [-0.15, -0.1) is 0 Å². The van der Waals surface area contributed by atoms with E-state index in [1.54, 1.807) is 7.11 Å². The number of hydrogen-bond donors (Lipinski definition) is 1. The van der Waals surface area contributed by atoms with Crippen molar-refractivity contribution in [3.8, 4) is 5.75 Å². The lowest BCUT2D eigenvalue weighted by Gasteiger charge is -2.23. The van der Waals surface area contributed by atoms with Gasteiger partial charge in [0.1, 0.15) is 5.75 Å². The Morgan fingerprint density at radius 1 is 1.19 bits per heavy atom. The molecule has 21 heavy (non-hydrogen) atoms. The molecule has 2 aromatic carbocycles. The minimum atomic E-state index is 0.127. The highest BCUT2D eigenvalue weighted by Crippen LogP contribution is 2.34. The van der Waals surface area contributed by atoms with E-state index in [9.17, 15) is 0 Å². The first-order chi connectivity index (χ1) is 10.1. The highest BCUT2D eigenvalue weighted by Gasteiger charge is 2.19. The summed E-state index contributed by atoms with van der Waals surface area (Å²) in [5, 5.41) is 3.56. The van der Waals surface area contributed by atoms with Crippen molar-refractivity contribution in [3.63, 3.8) is 0 Å². The van der Waals surface area contributed by atoms with Crippen LogP contribution in [0.2, 0.25) is 0 Å². The van der Waals surface area contributed by atoms with E-state index in [1.165, 1.54) is 22.3 Å². The van der Waals surface area contributed by atoms with E-state index >= 15 is 0 Å². The number of hydrogen-bond acceptors (Lipinski definition) is 2. The van der Waals surface area contributed by atoms with Crippen molar-refractivity contribution in [2.75, 3.05) is 13.7 Å². The second-order valence-electron chi connectivity index (χ2n) is 5.18. The fourth-order valence-corrected chi connectivity index (χ4v) is 3.02. The second kappa shape index (κ2) is 7.10. The molecule has 2 rings (SSSR count). The highest BCUT2D eigenvalue weighted by atomic mass is 79.9. The molecule has 0 spiro atoms. The molecule has 0 saturated carbocycles. The summed E-state index contributed by atoms with van der Waals surface area (Å²) in [7, 11) is 1.75. The Labute approximate surface area is 135 Å². The van der Waals surface area contributed by atoms with Gasteiger partial charge in [0.25, 0.3) is 0 Å². The van der Waals surface area contributed by atoms with E-state index in [0.29, 0.717) is 0 Å². The lowest BCUT2D eigenvalue weighted by atomic mass is 9.94. The molecule has 0 heterocycles. The molecule has 1 atom stereocenters. The summed E-state index contributed by atoms with van der Waals surface area (Å²) in [5.41, 5.74) is 4.86. The number of rotatable bonds is 5. The zero-order valence-electron chi connectivity index (χ0n) is 13.0. The summed E-state index contributed by atoms with van der Waals surface area (Å²) < 4.78 is 6.77. The van der Waals surface area contributed by atoms with Gasteiger partial charge in [-0.2, -0.15) is 0 Å². The summed E-state index contributed by atoms with van der Waals surface area (Å²) in [6.45, 7) is 7.25. The monoisotopic (exact) mass is 347 g/mol. The quantitative estimate of drug-likeness (QED) is 0.840. The molecule has 2 nitrogen and oxygen atoms in total. The zero-order chi connectivity index (χ0) is 15.4. The first kappa shape index (κ1) is 16.1. The maximum atomic E-state index is 5.68. The van der Waals surface area contributed by atoms with Crippen molar-refractivity contribution in [2.45, 2.75) is 26.8 Å². The van der Waals surface area contributed by atoms with Gasteiger partial charge < -0.3 is 10.1 Å². The van der Waals surface area contributed by atoms with Crippen LogP contribution in [0.25, 0.3) is 0 Å². The molecular weight excluding hydrogens is 326 g/mol. The van der Waals surface area contributed by atoms with E-state index in [0.717, 1.165) is 16.8 Å². The summed E-state index contributed by atoms with van der Waals surface area (Å²) in [4.78, 5) is 0. The smallest absolute Gasteiger partial charge is 0.127 e. The van der Waals surface area contributed by atoms with Crippen LogP contribution >= 0.6 is 15.9 Å². The molecule has 112 valence electrons.